The number of carboxylic acid groups (broad SMARTS) is 3. The fraction of sp³-hybridized carbons (Fsp3) is 0.556. The molecule has 4 N–H and O–H groups in total. The van der Waals surface area contributed by atoms with Crippen LogP contribution in [0.2, 0.25) is 0 Å². The third-order valence-corrected chi connectivity index (χ3v) is 1.94. The number of aliphatic hydroxyl groups excluding tert-OH is 1. The van der Waals surface area contributed by atoms with E-state index in [-0.39, 0.29) is 29.6 Å². The minimum atomic E-state index is -2.60. The van der Waals surface area contributed by atoms with Gasteiger partial charge in [0.2, 0.25) is 0 Å². The van der Waals surface area contributed by atoms with E-state index in [4.69, 9.17) is 25.7 Å². The van der Waals surface area contributed by atoms with Crippen molar-refractivity contribution in [3.8, 4) is 6.07 Å². The number of carbonyl (C=O) groups is 3. The van der Waals surface area contributed by atoms with Gasteiger partial charge in [0.15, 0.2) is 11.7 Å². The molecule has 0 saturated heterocycles. The minimum absolute atomic E-state index is 0. The Morgan fingerprint density at radius 2 is 1.58 bits per heavy atom. The molecule has 0 bridgehead atoms. The molecule has 10 heteroatoms. The Bertz CT molecular complexity index is 374. The van der Waals surface area contributed by atoms with E-state index in [9.17, 15) is 14.4 Å². The number of carboxylic acids is 3. The first-order valence-corrected chi connectivity index (χ1v) is 4.62. The monoisotopic (exact) mass is 285 g/mol. The molecule has 0 aliphatic heterocycles. The fourth-order valence-corrected chi connectivity index (χ4v) is 1.21. The molecule has 0 amide bonds. The second kappa shape index (κ2) is 8.84. The molecule has 9 nitrogen and oxygen atoms in total. The van der Waals surface area contributed by atoms with E-state index in [1.54, 1.807) is 0 Å². The van der Waals surface area contributed by atoms with E-state index in [1.165, 1.54) is 6.07 Å². The second-order valence-corrected chi connectivity index (χ2v) is 3.36. The summed E-state index contributed by atoms with van der Waals surface area (Å²) in [6.45, 7) is -0.884. The van der Waals surface area contributed by atoms with Crippen LogP contribution in [0.1, 0.15) is 12.8 Å². The Kier molecular flexibility index (Phi) is 9.37. The quantitative estimate of drug-likeness (QED) is 0.369. The molecule has 19 heavy (non-hydrogen) atoms. The Labute approximate surface area is 129 Å². The zero-order valence-electron chi connectivity index (χ0n) is 9.07. The number of rotatable bonds is 8. The molecular weight excluding hydrogens is 273 g/mol. The van der Waals surface area contributed by atoms with Crippen molar-refractivity contribution in [3.63, 3.8) is 0 Å². The van der Waals surface area contributed by atoms with Crippen LogP contribution in [0, 0.1) is 11.3 Å². The summed E-state index contributed by atoms with van der Waals surface area (Å²) in [5.41, 5.74) is -2.60. The van der Waals surface area contributed by atoms with Crippen molar-refractivity contribution in [1.29, 1.82) is 5.26 Å². The first-order chi connectivity index (χ1) is 8.27. The molecular formula is C9H12NNaO8. The summed E-state index contributed by atoms with van der Waals surface area (Å²) in [5, 5.41) is 43.3. The van der Waals surface area contributed by atoms with E-state index in [1.807, 2.05) is 0 Å². The van der Waals surface area contributed by atoms with E-state index in [0.717, 1.165) is 0 Å². The van der Waals surface area contributed by atoms with Gasteiger partial charge < -0.3 is 25.2 Å². The molecule has 0 radical (unpaired) electrons. The van der Waals surface area contributed by atoms with Crippen molar-refractivity contribution in [2.45, 2.75) is 24.5 Å². The van der Waals surface area contributed by atoms with Gasteiger partial charge in [-0.3, -0.25) is 9.59 Å². The summed E-state index contributed by atoms with van der Waals surface area (Å²) < 4.78 is 4.65. The van der Waals surface area contributed by atoms with Gasteiger partial charge in [-0.15, -0.1) is 0 Å². The van der Waals surface area contributed by atoms with Gasteiger partial charge in [0.1, 0.15) is 0 Å². The Morgan fingerprint density at radius 1 is 1.16 bits per heavy atom. The first-order valence-electron chi connectivity index (χ1n) is 4.62. The van der Waals surface area contributed by atoms with Crippen LogP contribution in [0.5, 0.6) is 0 Å². The van der Waals surface area contributed by atoms with E-state index < -0.39 is 49.1 Å². The van der Waals surface area contributed by atoms with Crippen molar-refractivity contribution in [3.05, 3.63) is 0 Å². The van der Waals surface area contributed by atoms with Crippen LogP contribution in [-0.4, -0.2) is 86.2 Å². The van der Waals surface area contributed by atoms with Gasteiger partial charge in [-0.1, -0.05) is 0 Å². The zero-order chi connectivity index (χ0) is 14.3. The number of hydrogen-bond acceptors (Lipinski definition) is 6. The molecule has 0 heterocycles. The standard InChI is InChI=1S/C9H11NO8.Na.H/c10-3-5(4-11)18-9(8(16)17,1-6(12)13)2-7(14)15;;/h5,11H,1-2,4H2,(H,12,13)(H,14,15)(H,16,17);;. The number of hydrogen-bond donors (Lipinski definition) is 4. The third kappa shape index (κ3) is 6.51. The summed E-state index contributed by atoms with van der Waals surface area (Å²) in [7, 11) is 0. The molecule has 0 fully saturated rings. The van der Waals surface area contributed by atoms with E-state index in [0.29, 0.717) is 0 Å². The van der Waals surface area contributed by atoms with E-state index in [2.05, 4.69) is 4.74 Å². The van der Waals surface area contributed by atoms with Gasteiger partial charge in [-0.2, -0.15) is 5.26 Å². The van der Waals surface area contributed by atoms with E-state index >= 15 is 0 Å². The number of nitriles is 1. The van der Waals surface area contributed by atoms with Gasteiger partial charge in [-0.05, 0) is 0 Å². The molecule has 0 aromatic heterocycles. The maximum absolute atomic E-state index is 11.0. The Morgan fingerprint density at radius 3 is 1.79 bits per heavy atom. The summed E-state index contributed by atoms with van der Waals surface area (Å²) >= 11 is 0. The fourth-order valence-electron chi connectivity index (χ4n) is 1.21. The molecule has 0 aromatic rings. The number of aliphatic carboxylic acids is 3. The summed E-state index contributed by atoms with van der Waals surface area (Å²) in [6, 6.07) is 1.39. The van der Waals surface area contributed by atoms with Crippen molar-refractivity contribution in [2.75, 3.05) is 6.61 Å². The van der Waals surface area contributed by atoms with Gasteiger partial charge in [0.05, 0.1) is 25.5 Å². The normalized spacial score (nSPS) is 11.8. The van der Waals surface area contributed by atoms with Gasteiger partial charge >= 0.3 is 47.5 Å². The predicted octanol–water partition coefficient (Wildman–Crippen LogP) is -1.99. The molecule has 0 spiro atoms. The summed E-state index contributed by atoms with van der Waals surface area (Å²) in [4.78, 5) is 32.2. The van der Waals surface area contributed by atoms with Crippen LogP contribution in [-0.2, 0) is 19.1 Å². The average Bonchev–Trinajstić information content (AvgIpc) is 2.23. The number of nitrogens with zero attached hydrogens (tertiary/aromatic N) is 1. The van der Waals surface area contributed by atoms with Crippen molar-refractivity contribution >= 4 is 47.5 Å². The average molecular weight is 285 g/mol. The second-order valence-electron chi connectivity index (χ2n) is 3.36. The van der Waals surface area contributed by atoms with Crippen molar-refractivity contribution in [1.82, 2.24) is 0 Å². The predicted molar refractivity (Wildman–Crippen MR) is 59.6 cm³/mol. The molecule has 0 rings (SSSR count). The van der Waals surface area contributed by atoms with Crippen molar-refractivity contribution in [2.24, 2.45) is 0 Å². The molecule has 0 aliphatic rings. The summed E-state index contributed by atoms with van der Waals surface area (Å²) in [6.07, 6.45) is -3.92. The maximum atomic E-state index is 11.0. The molecule has 1 unspecified atom stereocenters. The Hall–Kier alpha value is -1.18. The van der Waals surface area contributed by atoms with Gasteiger partial charge in [0.25, 0.3) is 0 Å². The summed E-state index contributed by atoms with van der Waals surface area (Å²) in [5.74, 6) is -5.04. The molecule has 0 aromatic carbocycles. The van der Waals surface area contributed by atoms with Crippen LogP contribution in [0.15, 0.2) is 0 Å². The van der Waals surface area contributed by atoms with Crippen LogP contribution in [0.4, 0.5) is 0 Å². The van der Waals surface area contributed by atoms with Crippen molar-refractivity contribution < 1.29 is 39.5 Å². The Balaban J connectivity index is 0. The number of ether oxygens (including phenoxy) is 1. The topological polar surface area (TPSA) is 165 Å². The third-order valence-electron chi connectivity index (χ3n) is 1.94. The van der Waals surface area contributed by atoms with Crippen LogP contribution >= 0.6 is 0 Å². The van der Waals surface area contributed by atoms with Crippen LogP contribution < -0.4 is 0 Å². The van der Waals surface area contributed by atoms with Gasteiger partial charge in [0, 0.05) is 0 Å². The zero-order valence-corrected chi connectivity index (χ0v) is 9.07. The van der Waals surface area contributed by atoms with Crippen LogP contribution in [0.25, 0.3) is 0 Å². The van der Waals surface area contributed by atoms with Gasteiger partial charge in [-0.25, -0.2) is 4.79 Å². The SMILES string of the molecule is N#CC(CO)OC(CC(=O)O)(CC(=O)O)C(=O)O.[NaH]. The van der Waals surface area contributed by atoms with Crippen LogP contribution in [0.3, 0.4) is 0 Å². The molecule has 1 atom stereocenters. The molecule has 0 saturated carbocycles. The number of aliphatic hydroxyl groups is 1. The molecule has 102 valence electrons. The molecule has 0 aliphatic carbocycles. The first kappa shape index (κ1) is 20.1.